The molecule has 1 saturated carbocycles. The van der Waals surface area contributed by atoms with Gasteiger partial charge in [-0.3, -0.25) is 14.4 Å². The van der Waals surface area contributed by atoms with Crippen LogP contribution in [-0.4, -0.2) is 102 Å². The van der Waals surface area contributed by atoms with E-state index in [1.54, 1.807) is 39.0 Å². The lowest BCUT2D eigenvalue weighted by atomic mass is 9.89. The van der Waals surface area contributed by atoms with E-state index in [0.717, 1.165) is 24.8 Å². The van der Waals surface area contributed by atoms with E-state index in [0.29, 0.717) is 48.6 Å². The highest BCUT2D eigenvalue weighted by atomic mass is 16.7. The van der Waals surface area contributed by atoms with E-state index in [9.17, 15) is 24.3 Å². The van der Waals surface area contributed by atoms with Crippen molar-refractivity contribution in [2.45, 2.75) is 120 Å². The number of nitrogens with one attached hydrogen (secondary N) is 1. The first-order chi connectivity index (χ1) is 23.5. The van der Waals surface area contributed by atoms with Gasteiger partial charge in [-0.1, -0.05) is 24.3 Å². The molecular weight excluding hydrogens is 632 g/mol. The van der Waals surface area contributed by atoms with Crippen molar-refractivity contribution in [2.75, 3.05) is 19.9 Å². The molecule has 0 spiro atoms. The zero-order valence-corrected chi connectivity index (χ0v) is 28.5. The first kappa shape index (κ1) is 35.3. The Kier molecular flexibility index (Phi) is 10.9. The summed E-state index contributed by atoms with van der Waals surface area (Å²) in [4.78, 5) is 54.1. The number of aliphatic hydroxyl groups is 1. The molecule has 266 valence electrons. The Balaban J connectivity index is 1.04. The molecule has 0 bridgehead atoms. The van der Waals surface area contributed by atoms with E-state index in [2.05, 4.69) is 17.5 Å². The second-order valence-corrected chi connectivity index (χ2v) is 14.7. The molecule has 5 aliphatic rings. The number of hydrogen-bond acceptors (Lipinski definition) is 10. The second kappa shape index (κ2) is 15.1. The predicted molar refractivity (Wildman–Crippen MR) is 177 cm³/mol. The maximum atomic E-state index is 13.9. The molecule has 2 N–H and O–H groups in total. The van der Waals surface area contributed by atoms with Gasteiger partial charge in [0, 0.05) is 25.0 Å². The molecule has 12 heteroatoms. The van der Waals surface area contributed by atoms with Crippen molar-refractivity contribution < 1.29 is 48.0 Å². The smallest absolute Gasteiger partial charge is 0.338 e. The molecule has 1 aromatic rings. The molecule has 1 aromatic carbocycles. The molecule has 0 aromatic heterocycles. The number of ether oxygens (including phenoxy) is 5. The van der Waals surface area contributed by atoms with Gasteiger partial charge in [-0.25, -0.2) is 4.79 Å². The number of benzene rings is 1. The van der Waals surface area contributed by atoms with Crippen molar-refractivity contribution >= 4 is 29.8 Å². The van der Waals surface area contributed by atoms with Gasteiger partial charge in [-0.15, -0.1) is 0 Å². The maximum absolute atomic E-state index is 13.9. The fraction of sp³-hybridized carbons (Fsp3) is 0.622. The molecule has 3 aliphatic heterocycles. The third kappa shape index (κ3) is 8.97. The number of carbonyl (C=O) groups is 4. The summed E-state index contributed by atoms with van der Waals surface area (Å²) in [6.45, 7) is 5.35. The van der Waals surface area contributed by atoms with Crippen LogP contribution in [-0.2, 0) is 38.1 Å². The number of fused-ring (bicyclic) bond motifs is 2. The number of hydrogen-bond donors (Lipinski definition) is 2. The molecule has 3 unspecified atom stereocenters. The number of aliphatic hydroxyl groups excluding tert-OH is 1. The fourth-order valence-electron chi connectivity index (χ4n) is 7.17. The van der Waals surface area contributed by atoms with Crippen molar-refractivity contribution in [1.82, 2.24) is 10.2 Å². The Morgan fingerprint density at radius 3 is 2.61 bits per heavy atom. The molecule has 6 rings (SSSR count). The van der Waals surface area contributed by atoms with E-state index in [1.807, 2.05) is 12.1 Å². The Morgan fingerprint density at radius 2 is 1.88 bits per heavy atom. The lowest BCUT2D eigenvalue weighted by Crippen LogP contribution is -2.51. The van der Waals surface area contributed by atoms with Crippen molar-refractivity contribution in [3.05, 3.63) is 53.1 Å². The Hall–Kier alpha value is -3.58. The Bertz CT molecular complexity index is 1450. The highest BCUT2D eigenvalue weighted by molar-refractivity contribution is 5.98. The van der Waals surface area contributed by atoms with Gasteiger partial charge < -0.3 is 39.0 Å². The van der Waals surface area contributed by atoms with Crippen LogP contribution in [0, 0.1) is 5.92 Å². The summed E-state index contributed by atoms with van der Waals surface area (Å²) in [6, 6.07) is 5.83. The van der Waals surface area contributed by atoms with Crippen LogP contribution in [0.1, 0.15) is 88.1 Å². The third-order valence-electron chi connectivity index (χ3n) is 9.78. The van der Waals surface area contributed by atoms with E-state index in [-0.39, 0.29) is 38.6 Å². The number of amides is 2. The second-order valence-electron chi connectivity index (χ2n) is 14.7. The van der Waals surface area contributed by atoms with Crippen LogP contribution in [0.25, 0.3) is 6.08 Å². The number of rotatable bonds is 11. The molecule has 0 radical (unpaired) electrons. The summed E-state index contributed by atoms with van der Waals surface area (Å²) >= 11 is 0. The molecular formula is C37H48N2O10. The number of allylic oxidation sites excluding steroid dienone is 1. The van der Waals surface area contributed by atoms with Crippen LogP contribution in [0.15, 0.2) is 42.0 Å². The van der Waals surface area contributed by atoms with E-state index in [1.165, 1.54) is 4.90 Å². The van der Waals surface area contributed by atoms with Gasteiger partial charge in [0.05, 0.1) is 30.4 Å². The number of esters is 2. The summed E-state index contributed by atoms with van der Waals surface area (Å²) in [5, 5.41) is 12.7. The first-order valence-corrected chi connectivity index (χ1v) is 17.5. The number of epoxide rings is 1. The van der Waals surface area contributed by atoms with Crippen molar-refractivity contribution in [3.63, 3.8) is 0 Å². The van der Waals surface area contributed by atoms with Gasteiger partial charge in [0.2, 0.25) is 11.8 Å². The minimum atomic E-state index is -0.759. The van der Waals surface area contributed by atoms with Gasteiger partial charge in [-0.2, -0.15) is 0 Å². The Labute approximate surface area is 287 Å². The highest BCUT2D eigenvalue weighted by Gasteiger charge is 2.45. The maximum Gasteiger partial charge on any atom is 0.338 e. The number of likely N-dealkylation sites (tertiary alicyclic amines) is 1. The van der Waals surface area contributed by atoms with Gasteiger partial charge >= 0.3 is 11.9 Å². The molecule has 2 aliphatic carbocycles. The van der Waals surface area contributed by atoms with Crippen LogP contribution in [0.2, 0.25) is 0 Å². The zero-order valence-electron chi connectivity index (χ0n) is 28.5. The summed E-state index contributed by atoms with van der Waals surface area (Å²) in [5.41, 5.74) is 1.14. The van der Waals surface area contributed by atoms with Crippen LogP contribution in [0.3, 0.4) is 0 Å². The van der Waals surface area contributed by atoms with Crippen molar-refractivity contribution in [3.8, 4) is 0 Å². The minimum Gasteiger partial charge on any atom is -0.460 e. The SMILES string of the molecule is CC(C)(C)OC(=O)CC[C@@H](CO)NC(=O)[C@H]1CCCN1C(=O)C1=C[C@H]2OCO[C@H]2[C@H](OC(=O)c2ccc(C=CC3CCC4OC4C3)cc2)C1. The van der Waals surface area contributed by atoms with Gasteiger partial charge in [-0.05, 0) is 89.0 Å². The van der Waals surface area contributed by atoms with Gasteiger partial charge in [0.15, 0.2) is 0 Å². The normalized spacial score (nSPS) is 29.8. The number of nitrogens with zero attached hydrogens (tertiary/aromatic N) is 1. The molecule has 49 heavy (non-hydrogen) atoms. The zero-order chi connectivity index (χ0) is 34.7. The average molecular weight is 681 g/mol. The largest absolute Gasteiger partial charge is 0.460 e. The monoisotopic (exact) mass is 680 g/mol. The van der Waals surface area contributed by atoms with Crippen LogP contribution in [0.5, 0.6) is 0 Å². The lowest BCUT2D eigenvalue weighted by molar-refractivity contribution is -0.155. The standard InChI is InChI=1S/C37H48N2O10/c1-37(2,3)49-32(41)15-13-26(20-40)38-34(42)27-5-4-16-39(27)35(43)25-18-30-33(46-21-45-30)31(19-25)48-36(44)24-11-8-22(9-12-24)6-7-23-10-14-28-29(17-23)47-28/h6-9,11-12,18,23,26-31,33,40H,4-5,10,13-17,19-21H2,1-3H3,(H,38,42)/t23?,26-,27+,28?,29?,30+,31+,33+/m0/s1. The Morgan fingerprint density at radius 1 is 1.08 bits per heavy atom. The molecule has 12 nitrogen and oxygen atoms in total. The van der Waals surface area contributed by atoms with Gasteiger partial charge in [0.1, 0.15) is 36.7 Å². The average Bonchev–Trinajstić information content (AvgIpc) is 3.41. The minimum absolute atomic E-state index is 0.0114. The third-order valence-corrected chi connectivity index (χ3v) is 9.78. The highest BCUT2D eigenvalue weighted by Crippen LogP contribution is 2.40. The van der Waals surface area contributed by atoms with E-state index < -0.39 is 53.8 Å². The van der Waals surface area contributed by atoms with Gasteiger partial charge in [0.25, 0.3) is 0 Å². The quantitative estimate of drug-likeness (QED) is 0.263. The summed E-state index contributed by atoms with van der Waals surface area (Å²) in [5.74, 6) is -1.16. The van der Waals surface area contributed by atoms with Crippen LogP contribution < -0.4 is 5.32 Å². The number of carbonyl (C=O) groups excluding carboxylic acids is 4. The van der Waals surface area contributed by atoms with E-state index in [4.69, 9.17) is 23.7 Å². The summed E-state index contributed by atoms with van der Waals surface area (Å²) in [7, 11) is 0. The van der Waals surface area contributed by atoms with Crippen molar-refractivity contribution in [1.29, 1.82) is 0 Å². The molecule has 4 fully saturated rings. The molecule has 3 heterocycles. The van der Waals surface area contributed by atoms with Crippen LogP contribution >= 0.6 is 0 Å². The topological polar surface area (TPSA) is 153 Å². The van der Waals surface area contributed by atoms with Crippen LogP contribution in [0.4, 0.5) is 0 Å². The first-order valence-electron chi connectivity index (χ1n) is 17.5. The summed E-state index contributed by atoms with van der Waals surface area (Å²) < 4.78 is 28.4. The predicted octanol–water partition coefficient (Wildman–Crippen LogP) is 3.45. The summed E-state index contributed by atoms with van der Waals surface area (Å²) in [6.07, 6.45) is 9.76. The molecule has 3 saturated heterocycles. The lowest BCUT2D eigenvalue weighted by Gasteiger charge is -2.33. The molecule has 8 atom stereocenters. The van der Waals surface area contributed by atoms with Crippen molar-refractivity contribution in [2.24, 2.45) is 5.92 Å². The van der Waals surface area contributed by atoms with E-state index >= 15 is 0 Å². The molecule has 2 amide bonds. The fourth-order valence-corrected chi connectivity index (χ4v) is 7.17.